The summed E-state index contributed by atoms with van der Waals surface area (Å²) in [5.41, 5.74) is 3.29. The summed E-state index contributed by atoms with van der Waals surface area (Å²) in [6.45, 7) is 7.48. The van der Waals surface area contributed by atoms with Gasteiger partial charge in [0.05, 0.1) is 12.1 Å². The van der Waals surface area contributed by atoms with E-state index in [1.165, 1.54) is 4.90 Å². The second-order valence-corrected chi connectivity index (χ2v) is 9.98. The molecule has 0 spiro atoms. The van der Waals surface area contributed by atoms with E-state index >= 15 is 0 Å². The van der Waals surface area contributed by atoms with Gasteiger partial charge in [0.2, 0.25) is 11.8 Å². The fraction of sp³-hybridized carbons (Fsp3) is 0.241. The summed E-state index contributed by atoms with van der Waals surface area (Å²) in [5.74, 6) is -0.555. The number of benzene rings is 3. The molecule has 7 nitrogen and oxygen atoms in total. The van der Waals surface area contributed by atoms with Gasteiger partial charge in [-0.15, -0.1) is 0 Å². The minimum Gasteiger partial charge on any atom is -0.436 e. The Bertz CT molecular complexity index is 1450. The van der Waals surface area contributed by atoms with Gasteiger partial charge >= 0.3 is 0 Å². The number of nitrogens with zero attached hydrogens (tertiary/aromatic N) is 3. The molecule has 1 saturated heterocycles. The van der Waals surface area contributed by atoms with Crippen LogP contribution in [0.1, 0.15) is 43.1 Å². The summed E-state index contributed by atoms with van der Waals surface area (Å²) < 4.78 is 5.82. The van der Waals surface area contributed by atoms with E-state index in [9.17, 15) is 14.4 Å². The lowest BCUT2D eigenvalue weighted by atomic mass is 9.98. The Morgan fingerprint density at radius 2 is 1.64 bits per heavy atom. The number of carbonyl (C=O) groups excluding carboxylic acids is 3. The van der Waals surface area contributed by atoms with E-state index < -0.39 is 17.5 Å². The lowest BCUT2D eigenvalue weighted by Gasteiger charge is -2.39. The first-order valence-corrected chi connectivity index (χ1v) is 11.9. The fourth-order valence-electron chi connectivity index (χ4n) is 4.69. The third-order valence-corrected chi connectivity index (χ3v) is 6.42. The van der Waals surface area contributed by atoms with Crippen LogP contribution in [0.5, 0.6) is 0 Å². The summed E-state index contributed by atoms with van der Waals surface area (Å²) >= 11 is 0. The van der Waals surface area contributed by atoms with E-state index in [2.05, 4.69) is 4.98 Å². The highest BCUT2D eigenvalue weighted by Crippen LogP contribution is 2.33. The standard InChI is InChI=1S/C29H27N3O4/c1-18-9-5-6-10-21(18)27(34)32(29(2,3)4)23-17-25(33)31(28(23)35)20-15-13-19(14-16-20)26-30-22-11-7-8-12-24(22)36-26/h5-16,23H,17H2,1-4H3. The number of amides is 3. The fourth-order valence-corrected chi connectivity index (χ4v) is 4.69. The SMILES string of the molecule is Cc1ccccc1C(=O)N(C1CC(=O)N(c2ccc(-c3nc4ccccc4o3)cc2)C1=O)C(C)(C)C. The van der Waals surface area contributed by atoms with E-state index in [0.29, 0.717) is 22.7 Å². The molecule has 2 heterocycles. The number of carbonyl (C=O) groups is 3. The van der Waals surface area contributed by atoms with Gasteiger partial charge in [-0.1, -0.05) is 30.3 Å². The van der Waals surface area contributed by atoms with Crippen LogP contribution in [0.2, 0.25) is 0 Å². The smallest absolute Gasteiger partial charge is 0.257 e. The molecular weight excluding hydrogens is 454 g/mol. The van der Waals surface area contributed by atoms with Crippen LogP contribution >= 0.6 is 0 Å². The van der Waals surface area contributed by atoms with Crippen molar-refractivity contribution in [1.29, 1.82) is 0 Å². The maximum atomic E-state index is 13.6. The van der Waals surface area contributed by atoms with Crippen molar-refractivity contribution in [2.75, 3.05) is 4.90 Å². The van der Waals surface area contributed by atoms with Gasteiger partial charge in [0.25, 0.3) is 11.8 Å². The molecule has 5 rings (SSSR count). The molecule has 1 atom stereocenters. The van der Waals surface area contributed by atoms with E-state index in [-0.39, 0.29) is 18.2 Å². The lowest BCUT2D eigenvalue weighted by Crippen LogP contribution is -2.54. The lowest BCUT2D eigenvalue weighted by molar-refractivity contribution is -0.123. The predicted molar refractivity (Wildman–Crippen MR) is 137 cm³/mol. The molecule has 3 amide bonds. The van der Waals surface area contributed by atoms with Crippen molar-refractivity contribution in [3.05, 3.63) is 83.9 Å². The Labute approximate surface area is 209 Å². The molecule has 0 radical (unpaired) electrons. The second kappa shape index (κ2) is 8.75. The van der Waals surface area contributed by atoms with Gasteiger partial charge in [-0.3, -0.25) is 14.4 Å². The van der Waals surface area contributed by atoms with Crippen molar-refractivity contribution in [2.45, 2.75) is 45.7 Å². The number of fused-ring (bicyclic) bond motifs is 1. The van der Waals surface area contributed by atoms with Gasteiger partial charge in [-0.05, 0) is 75.7 Å². The van der Waals surface area contributed by atoms with Gasteiger partial charge in [-0.2, -0.15) is 0 Å². The Hall–Kier alpha value is -4.26. The van der Waals surface area contributed by atoms with Gasteiger partial charge in [0, 0.05) is 16.7 Å². The molecule has 1 aromatic heterocycles. The van der Waals surface area contributed by atoms with Crippen molar-refractivity contribution in [3.8, 4) is 11.5 Å². The van der Waals surface area contributed by atoms with Gasteiger partial charge in [0.1, 0.15) is 11.6 Å². The number of oxazole rings is 1. The molecule has 1 aliphatic heterocycles. The van der Waals surface area contributed by atoms with Crippen LogP contribution in [0, 0.1) is 6.92 Å². The topological polar surface area (TPSA) is 83.7 Å². The molecular formula is C29H27N3O4. The minimum atomic E-state index is -0.888. The third kappa shape index (κ3) is 4.06. The molecule has 0 aliphatic carbocycles. The average Bonchev–Trinajstić information content (AvgIpc) is 3.39. The Morgan fingerprint density at radius 1 is 0.972 bits per heavy atom. The molecule has 7 heteroatoms. The molecule has 0 N–H and O–H groups in total. The van der Waals surface area contributed by atoms with E-state index in [1.54, 1.807) is 41.3 Å². The molecule has 3 aromatic carbocycles. The Morgan fingerprint density at radius 3 is 2.31 bits per heavy atom. The van der Waals surface area contributed by atoms with Crippen LogP contribution in [0.4, 0.5) is 5.69 Å². The summed E-state index contributed by atoms with van der Waals surface area (Å²) in [6.07, 6.45) is -0.0688. The highest BCUT2D eigenvalue weighted by atomic mass is 16.3. The zero-order valence-electron chi connectivity index (χ0n) is 20.7. The number of imide groups is 1. The van der Waals surface area contributed by atoms with E-state index in [0.717, 1.165) is 16.6 Å². The maximum Gasteiger partial charge on any atom is 0.257 e. The number of hydrogen-bond donors (Lipinski definition) is 0. The van der Waals surface area contributed by atoms with Crippen LogP contribution in [0.3, 0.4) is 0 Å². The van der Waals surface area contributed by atoms with Gasteiger partial charge < -0.3 is 9.32 Å². The zero-order valence-corrected chi connectivity index (χ0v) is 20.7. The Kier molecular flexibility index (Phi) is 5.71. The van der Waals surface area contributed by atoms with E-state index in [4.69, 9.17) is 4.42 Å². The Balaban J connectivity index is 1.44. The zero-order chi connectivity index (χ0) is 25.6. The minimum absolute atomic E-state index is 0.0688. The normalized spacial score (nSPS) is 16.1. The average molecular weight is 482 g/mol. The number of aromatic nitrogens is 1. The van der Waals surface area contributed by atoms with Crippen LogP contribution < -0.4 is 4.90 Å². The molecule has 1 unspecified atom stereocenters. The van der Waals surface area contributed by atoms with Crippen LogP contribution in [-0.4, -0.2) is 39.2 Å². The van der Waals surface area contributed by atoms with Crippen LogP contribution in [0.25, 0.3) is 22.6 Å². The monoisotopic (exact) mass is 481 g/mol. The second-order valence-electron chi connectivity index (χ2n) is 9.98. The number of aryl methyl sites for hydroxylation is 1. The number of anilines is 1. The van der Waals surface area contributed by atoms with Crippen molar-refractivity contribution in [3.63, 3.8) is 0 Å². The van der Waals surface area contributed by atoms with Crippen molar-refractivity contribution >= 4 is 34.5 Å². The van der Waals surface area contributed by atoms with Crippen LogP contribution in [-0.2, 0) is 9.59 Å². The highest BCUT2D eigenvalue weighted by molar-refractivity contribution is 6.23. The first-order chi connectivity index (χ1) is 17.1. The first kappa shape index (κ1) is 23.5. The molecule has 1 fully saturated rings. The molecule has 1 aliphatic rings. The number of hydrogen-bond acceptors (Lipinski definition) is 5. The quantitative estimate of drug-likeness (QED) is 0.366. The summed E-state index contributed by atoms with van der Waals surface area (Å²) in [7, 11) is 0. The highest BCUT2D eigenvalue weighted by Gasteiger charge is 2.47. The predicted octanol–water partition coefficient (Wildman–Crippen LogP) is 5.38. The molecule has 36 heavy (non-hydrogen) atoms. The summed E-state index contributed by atoms with van der Waals surface area (Å²) in [5, 5.41) is 0. The van der Waals surface area contributed by atoms with Crippen molar-refractivity contribution in [2.24, 2.45) is 0 Å². The molecule has 0 bridgehead atoms. The van der Waals surface area contributed by atoms with Crippen molar-refractivity contribution in [1.82, 2.24) is 9.88 Å². The maximum absolute atomic E-state index is 13.6. The molecule has 0 saturated carbocycles. The first-order valence-electron chi connectivity index (χ1n) is 11.9. The van der Waals surface area contributed by atoms with Crippen LogP contribution in [0.15, 0.2) is 77.2 Å². The van der Waals surface area contributed by atoms with Gasteiger partial charge in [0.15, 0.2) is 5.58 Å². The largest absolute Gasteiger partial charge is 0.436 e. The molecule has 4 aromatic rings. The number of para-hydroxylation sites is 2. The summed E-state index contributed by atoms with van der Waals surface area (Å²) in [6, 6.07) is 20.8. The summed E-state index contributed by atoms with van der Waals surface area (Å²) in [4.78, 5) is 47.5. The van der Waals surface area contributed by atoms with E-state index in [1.807, 2.05) is 64.1 Å². The third-order valence-electron chi connectivity index (χ3n) is 6.42. The van der Waals surface area contributed by atoms with Gasteiger partial charge in [-0.25, -0.2) is 9.88 Å². The number of rotatable bonds is 4. The molecule has 182 valence electrons. The van der Waals surface area contributed by atoms with Crippen molar-refractivity contribution < 1.29 is 18.8 Å².